The van der Waals surface area contributed by atoms with E-state index in [1.165, 1.54) is 25.9 Å². The van der Waals surface area contributed by atoms with Crippen LogP contribution in [0.15, 0.2) is 29.3 Å². The van der Waals surface area contributed by atoms with E-state index in [1.54, 1.807) is 12.1 Å². The number of nitriles is 1. The van der Waals surface area contributed by atoms with E-state index in [1.807, 2.05) is 24.0 Å². The first kappa shape index (κ1) is 20.4. The highest BCUT2D eigenvalue weighted by Gasteiger charge is 2.72. The van der Waals surface area contributed by atoms with Gasteiger partial charge in [0.2, 0.25) is 11.8 Å². The van der Waals surface area contributed by atoms with Crippen molar-refractivity contribution in [3.8, 4) is 6.07 Å². The van der Waals surface area contributed by atoms with Crippen molar-refractivity contribution >= 4 is 34.7 Å². The molecule has 3 heterocycles. The van der Waals surface area contributed by atoms with Crippen LogP contribution in [-0.4, -0.2) is 65.0 Å². The Morgan fingerprint density at radius 2 is 2.03 bits per heavy atom. The molecule has 1 aromatic carbocycles. The number of hydrogen-bond acceptors (Lipinski definition) is 8. The number of likely N-dealkylation sites (tertiary alicyclic amines) is 1. The van der Waals surface area contributed by atoms with Gasteiger partial charge in [-0.3, -0.25) is 19.5 Å². The molecule has 3 aliphatic heterocycles. The quantitative estimate of drug-likeness (QED) is 0.529. The summed E-state index contributed by atoms with van der Waals surface area (Å²) in [6, 6.07) is 9.04. The van der Waals surface area contributed by atoms with Gasteiger partial charge in [-0.25, -0.2) is 4.79 Å². The molecule has 0 aromatic heterocycles. The molecule has 4 atom stereocenters. The maximum Gasteiger partial charge on any atom is 0.332 e. The molecule has 0 N–H and O–H groups in total. The third-order valence-corrected chi connectivity index (χ3v) is 7.47. The van der Waals surface area contributed by atoms with Crippen molar-refractivity contribution < 1.29 is 19.1 Å². The van der Waals surface area contributed by atoms with E-state index in [9.17, 15) is 14.4 Å². The average molecular weight is 426 g/mol. The third-order valence-electron chi connectivity index (χ3n) is 6.41. The molecule has 0 spiro atoms. The van der Waals surface area contributed by atoms with Crippen molar-refractivity contribution in [3.05, 3.63) is 35.4 Å². The Kier molecular flexibility index (Phi) is 5.06. The fourth-order valence-corrected chi connectivity index (χ4v) is 6.05. The second kappa shape index (κ2) is 7.43. The Hall–Kier alpha value is -2.86. The van der Waals surface area contributed by atoms with E-state index in [2.05, 4.69) is 11.1 Å². The number of ether oxygens (including phenoxy) is 1. The van der Waals surface area contributed by atoms with Crippen LogP contribution in [0.4, 0.5) is 0 Å². The van der Waals surface area contributed by atoms with E-state index in [4.69, 9.17) is 10.00 Å². The minimum Gasteiger partial charge on any atom is -0.467 e. The van der Waals surface area contributed by atoms with Gasteiger partial charge in [-0.1, -0.05) is 30.8 Å². The molecular weight excluding hydrogens is 404 g/mol. The maximum atomic E-state index is 13.1. The van der Waals surface area contributed by atoms with Gasteiger partial charge >= 0.3 is 5.97 Å². The molecule has 2 amide bonds. The highest BCUT2D eigenvalue weighted by molar-refractivity contribution is 8.13. The van der Waals surface area contributed by atoms with Gasteiger partial charge in [0.15, 0.2) is 10.7 Å². The number of methoxy groups -OCH3 is 1. The molecule has 0 aliphatic carbocycles. The molecule has 9 heteroatoms. The molecule has 1 aromatic rings. The first-order valence-corrected chi connectivity index (χ1v) is 10.7. The molecule has 0 unspecified atom stereocenters. The van der Waals surface area contributed by atoms with Crippen LogP contribution in [-0.2, 0) is 24.9 Å². The molecule has 0 bridgehead atoms. The average Bonchev–Trinajstić information content (AvgIpc) is 3.38. The third kappa shape index (κ3) is 2.67. The van der Waals surface area contributed by atoms with Crippen LogP contribution in [0.2, 0.25) is 0 Å². The van der Waals surface area contributed by atoms with Crippen molar-refractivity contribution in [1.29, 1.82) is 5.26 Å². The number of carbonyl (C=O) groups is 3. The molecule has 0 radical (unpaired) electrons. The topological polar surface area (TPSA) is 103 Å². The highest BCUT2D eigenvalue weighted by atomic mass is 32.2. The Balaban J connectivity index is 1.66. The molecule has 3 aliphatic rings. The number of fused-ring (bicyclic) bond motifs is 3. The predicted molar refractivity (Wildman–Crippen MR) is 110 cm³/mol. The second-order valence-corrected chi connectivity index (χ2v) is 8.61. The van der Waals surface area contributed by atoms with Crippen LogP contribution in [0, 0.1) is 23.2 Å². The number of nitrogens with zero attached hydrogens (tertiary/aromatic N) is 4. The minimum atomic E-state index is -1.24. The van der Waals surface area contributed by atoms with Gasteiger partial charge in [-0.2, -0.15) is 5.26 Å². The normalized spacial score (nSPS) is 29.5. The number of amides is 2. The molecular formula is C21H22N4O4S. The number of thioether (sulfide) groups is 1. The van der Waals surface area contributed by atoms with Crippen LogP contribution in [0.5, 0.6) is 0 Å². The van der Waals surface area contributed by atoms with Crippen LogP contribution < -0.4 is 0 Å². The lowest BCUT2D eigenvalue weighted by atomic mass is 9.78. The summed E-state index contributed by atoms with van der Waals surface area (Å²) in [6.45, 7) is 2.20. The fraction of sp³-hybridized carbons (Fsp3) is 0.476. The zero-order valence-corrected chi connectivity index (χ0v) is 17.8. The smallest absolute Gasteiger partial charge is 0.332 e. The zero-order valence-electron chi connectivity index (χ0n) is 17.0. The number of amidine groups is 1. The zero-order chi connectivity index (χ0) is 21.6. The summed E-state index contributed by atoms with van der Waals surface area (Å²) in [6.07, 6.45) is 0.334. The van der Waals surface area contributed by atoms with Gasteiger partial charge in [0.1, 0.15) is 0 Å². The predicted octanol–water partition coefficient (Wildman–Crippen LogP) is 1.40. The molecule has 2 saturated heterocycles. The van der Waals surface area contributed by atoms with E-state index in [0.29, 0.717) is 29.4 Å². The van der Waals surface area contributed by atoms with Gasteiger partial charge in [0.25, 0.3) is 0 Å². The summed E-state index contributed by atoms with van der Waals surface area (Å²) in [4.78, 5) is 46.5. The fourth-order valence-electron chi connectivity index (χ4n) is 4.96. The molecule has 4 rings (SSSR count). The summed E-state index contributed by atoms with van der Waals surface area (Å²) >= 11 is 1.46. The number of imide groups is 1. The molecule has 0 saturated carbocycles. The molecule has 8 nitrogen and oxygen atoms in total. The van der Waals surface area contributed by atoms with Crippen molar-refractivity contribution in [1.82, 2.24) is 9.80 Å². The standard InChI is InChI=1S/C21H22N4O4S/c1-4-21(19(28)29-3)16-15(17(26)24(2)18(16)27)14-10-23-20(25(14)21)30-11-13-7-5-12(9-22)6-8-13/h5-8,14-16H,4,10-11H2,1-3H3/t14-,15+,16-,21-/m1/s1. The van der Waals surface area contributed by atoms with Crippen LogP contribution >= 0.6 is 11.8 Å². The van der Waals surface area contributed by atoms with Gasteiger partial charge in [-0.15, -0.1) is 0 Å². The number of rotatable bonds is 4. The number of carbonyl (C=O) groups excluding carboxylic acids is 3. The second-order valence-electron chi connectivity index (χ2n) is 7.67. The number of hydrogen-bond donors (Lipinski definition) is 0. The molecule has 30 heavy (non-hydrogen) atoms. The van der Waals surface area contributed by atoms with E-state index in [-0.39, 0.29) is 17.9 Å². The Labute approximate surface area is 178 Å². The monoisotopic (exact) mass is 426 g/mol. The summed E-state index contributed by atoms with van der Waals surface area (Å²) in [5, 5.41) is 9.60. The number of benzene rings is 1. The lowest BCUT2D eigenvalue weighted by Gasteiger charge is -2.39. The number of aliphatic imine (C=N–C) groups is 1. The van der Waals surface area contributed by atoms with Gasteiger partial charge in [-0.05, 0) is 24.1 Å². The van der Waals surface area contributed by atoms with E-state index in [0.717, 1.165) is 10.5 Å². The van der Waals surface area contributed by atoms with E-state index < -0.39 is 23.3 Å². The maximum absolute atomic E-state index is 13.1. The van der Waals surface area contributed by atoms with Crippen LogP contribution in [0.3, 0.4) is 0 Å². The lowest BCUT2D eigenvalue weighted by Crippen LogP contribution is -2.59. The lowest BCUT2D eigenvalue weighted by molar-refractivity contribution is -0.158. The van der Waals surface area contributed by atoms with Gasteiger partial charge in [0.05, 0.1) is 43.2 Å². The van der Waals surface area contributed by atoms with E-state index >= 15 is 0 Å². The molecule has 2 fully saturated rings. The minimum absolute atomic E-state index is 0.257. The SMILES string of the molecule is CC[C@]1(C(=O)OC)[C@H]2C(=O)N(C)C(=O)[C@H]2[C@H]2CN=C(SCc3ccc(C#N)cc3)N21. The molecule has 156 valence electrons. The Bertz CT molecular complexity index is 986. The van der Waals surface area contributed by atoms with Crippen molar-refractivity contribution in [2.45, 2.75) is 30.7 Å². The van der Waals surface area contributed by atoms with Crippen LogP contribution in [0.1, 0.15) is 24.5 Å². The summed E-state index contributed by atoms with van der Waals surface area (Å²) in [5.41, 5.74) is 0.358. The Morgan fingerprint density at radius 1 is 1.33 bits per heavy atom. The largest absolute Gasteiger partial charge is 0.467 e. The Morgan fingerprint density at radius 3 is 2.63 bits per heavy atom. The summed E-state index contributed by atoms with van der Waals surface area (Å²) < 4.78 is 5.14. The highest BCUT2D eigenvalue weighted by Crippen LogP contribution is 2.53. The van der Waals surface area contributed by atoms with Crippen molar-refractivity contribution in [2.75, 3.05) is 20.7 Å². The van der Waals surface area contributed by atoms with Gasteiger partial charge < -0.3 is 9.64 Å². The van der Waals surface area contributed by atoms with Crippen molar-refractivity contribution in [3.63, 3.8) is 0 Å². The first-order chi connectivity index (χ1) is 14.4. The summed E-state index contributed by atoms with van der Waals surface area (Å²) in [5.74, 6) is -1.87. The van der Waals surface area contributed by atoms with Gasteiger partial charge in [0, 0.05) is 12.8 Å². The number of esters is 1. The van der Waals surface area contributed by atoms with Crippen molar-refractivity contribution in [2.24, 2.45) is 16.8 Å². The van der Waals surface area contributed by atoms with Crippen LogP contribution in [0.25, 0.3) is 0 Å². The summed E-state index contributed by atoms with van der Waals surface area (Å²) in [7, 11) is 2.78. The first-order valence-electron chi connectivity index (χ1n) is 9.76.